The summed E-state index contributed by atoms with van der Waals surface area (Å²) >= 11 is 0. The molecular formula is C60H42S. The van der Waals surface area contributed by atoms with Crippen LogP contribution in [0.25, 0.3) is 110 Å². The molecule has 0 unspecified atom stereocenters. The Kier molecular flexibility index (Phi) is 8.17. The molecule has 0 aromatic heterocycles. The zero-order valence-electron chi connectivity index (χ0n) is 34.2. The van der Waals surface area contributed by atoms with Crippen LogP contribution in [0.5, 0.6) is 0 Å². The summed E-state index contributed by atoms with van der Waals surface area (Å²) in [6.07, 6.45) is 5.00. The van der Waals surface area contributed by atoms with Crippen molar-refractivity contribution in [2.75, 3.05) is 12.5 Å². The highest BCUT2D eigenvalue weighted by molar-refractivity contribution is 8.33. The first-order chi connectivity index (χ1) is 30.0. The van der Waals surface area contributed by atoms with Gasteiger partial charge in [0, 0.05) is 9.79 Å². The van der Waals surface area contributed by atoms with Crippen LogP contribution in [0.1, 0.15) is 0 Å². The van der Waals surface area contributed by atoms with E-state index in [0.717, 1.165) is 0 Å². The minimum absolute atomic E-state index is 1.22. The average Bonchev–Trinajstić information content (AvgIpc) is 3.54. The third-order valence-electron chi connectivity index (χ3n) is 13.1. The van der Waals surface area contributed by atoms with Gasteiger partial charge in [0.15, 0.2) is 0 Å². The molecule has 288 valence electrons. The standard InChI is InChI=1S/C60H42S/c1-61(2)57-36-46(50-26-14-22-42-18-10-12-24-48(42)50)31-33-51(57)53-37-55-56(38-58(53)61)60(43-19-7-4-8-20-43)54-35-45(49-25-13-21-41-17-9-11-23-47(41)49)32-34-52(54)59(55)44-29-27-40(28-30-44)39-15-5-3-6-16-39/h3-38H,1-2H3. The van der Waals surface area contributed by atoms with E-state index >= 15 is 0 Å². The molecule has 0 radical (unpaired) electrons. The minimum atomic E-state index is -1.38. The summed E-state index contributed by atoms with van der Waals surface area (Å²) < 4.78 is 0. The Morgan fingerprint density at radius 3 is 1.36 bits per heavy atom. The normalized spacial score (nSPS) is 13.4. The van der Waals surface area contributed by atoms with E-state index in [1.54, 1.807) is 0 Å². The Balaban J connectivity index is 1.15. The molecule has 1 heterocycles. The van der Waals surface area contributed by atoms with Crippen molar-refractivity contribution in [3.63, 3.8) is 0 Å². The van der Waals surface area contributed by atoms with Crippen LogP contribution in [0, 0.1) is 0 Å². The number of hydrogen-bond acceptors (Lipinski definition) is 0. The molecule has 1 aliphatic heterocycles. The number of benzene rings is 11. The predicted octanol–water partition coefficient (Wildman–Crippen LogP) is 17.1. The summed E-state index contributed by atoms with van der Waals surface area (Å²) in [6, 6.07) is 81.6. The molecule has 0 spiro atoms. The molecule has 1 aliphatic rings. The van der Waals surface area contributed by atoms with Crippen LogP contribution >= 0.6 is 10.0 Å². The molecule has 0 amide bonds. The van der Waals surface area contributed by atoms with Gasteiger partial charge in [0.2, 0.25) is 0 Å². The Morgan fingerprint density at radius 1 is 0.246 bits per heavy atom. The van der Waals surface area contributed by atoms with Crippen molar-refractivity contribution in [1.29, 1.82) is 0 Å². The highest BCUT2D eigenvalue weighted by Gasteiger charge is 2.34. The minimum Gasteiger partial charge on any atom is -0.192 e. The second-order valence-corrected chi connectivity index (χ2v) is 20.3. The first kappa shape index (κ1) is 35.7. The molecular weight excluding hydrogens is 753 g/mol. The topological polar surface area (TPSA) is 0 Å². The second kappa shape index (κ2) is 13.9. The van der Waals surface area contributed by atoms with Gasteiger partial charge >= 0.3 is 0 Å². The Morgan fingerprint density at radius 2 is 0.689 bits per heavy atom. The van der Waals surface area contributed by atoms with Gasteiger partial charge in [-0.05, 0) is 147 Å². The van der Waals surface area contributed by atoms with Crippen LogP contribution in [0.2, 0.25) is 0 Å². The fourth-order valence-electron chi connectivity index (χ4n) is 10.1. The van der Waals surface area contributed by atoms with Crippen LogP contribution in [-0.4, -0.2) is 12.5 Å². The summed E-state index contributed by atoms with van der Waals surface area (Å²) in [5.74, 6) is 0. The first-order valence-corrected chi connectivity index (χ1v) is 23.6. The van der Waals surface area contributed by atoms with E-state index in [1.807, 2.05) is 0 Å². The van der Waals surface area contributed by atoms with E-state index in [4.69, 9.17) is 0 Å². The van der Waals surface area contributed by atoms with Gasteiger partial charge in [-0.15, -0.1) is 0 Å². The summed E-state index contributed by atoms with van der Waals surface area (Å²) in [5.41, 5.74) is 15.3. The highest BCUT2D eigenvalue weighted by atomic mass is 32.3. The van der Waals surface area contributed by atoms with Crippen molar-refractivity contribution in [1.82, 2.24) is 0 Å². The van der Waals surface area contributed by atoms with Crippen LogP contribution in [0.15, 0.2) is 228 Å². The zero-order valence-corrected chi connectivity index (χ0v) is 35.0. The van der Waals surface area contributed by atoms with E-state index in [0.29, 0.717) is 0 Å². The fraction of sp³-hybridized carbons (Fsp3) is 0.0333. The molecule has 61 heavy (non-hydrogen) atoms. The van der Waals surface area contributed by atoms with Crippen molar-refractivity contribution in [3.05, 3.63) is 218 Å². The van der Waals surface area contributed by atoms with Crippen molar-refractivity contribution < 1.29 is 0 Å². The summed E-state index contributed by atoms with van der Waals surface area (Å²) in [5, 5.41) is 10.2. The van der Waals surface area contributed by atoms with E-state index < -0.39 is 10.0 Å². The van der Waals surface area contributed by atoms with Crippen molar-refractivity contribution in [2.45, 2.75) is 9.79 Å². The molecule has 0 saturated heterocycles. The largest absolute Gasteiger partial charge is 0.192 e. The summed E-state index contributed by atoms with van der Waals surface area (Å²) in [6.45, 7) is 0. The quantitative estimate of drug-likeness (QED) is 0.152. The third kappa shape index (κ3) is 5.69. The van der Waals surface area contributed by atoms with Crippen molar-refractivity contribution in [2.24, 2.45) is 0 Å². The molecule has 11 aromatic rings. The predicted molar refractivity (Wildman–Crippen MR) is 265 cm³/mol. The highest BCUT2D eigenvalue weighted by Crippen LogP contribution is 2.69. The molecule has 12 rings (SSSR count). The first-order valence-electron chi connectivity index (χ1n) is 21.1. The van der Waals surface area contributed by atoms with E-state index in [-0.39, 0.29) is 0 Å². The summed E-state index contributed by atoms with van der Waals surface area (Å²) in [7, 11) is -1.38. The second-order valence-electron chi connectivity index (χ2n) is 16.8. The lowest BCUT2D eigenvalue weighted by molar-refractivity contribution is 1.46. The third-order valence-corrected chi connectivity index (χ3v) is 16.0. The molecule has 0 atom stereocenters. The maximum Gasteiger partial charge on any atom is 0.00220 e. The molecule has 0 nitrogen and oxygen atoms in total. The van der Waals surface area contributed by atoms with Crippen LogP contribution in [0.4, 0.5) is 0 Å². The average molecular weight is 795 g/mol. The SMILES string of the molecule is CS1(C)c2cc(-c3cccc4ccccc34)ccc2-c2cc3c(-c4ccc(-c5ccccc5)cc4)c4ccc(-c5cccc6ccccc56)cc4c(-c4ccccc4)c3cc21. The smallest absolute Gasteiger partial charge is 0.00220 e. The Hall–Kier alpha value is -7.19. The van der Waals surface area contributed by atoms with Gasteiger partial charge in [0.05, 0.1) is 0 Å². The van der Waals surface area contributed by atoms with Gasteiger partial charge in [-0.25, -0.2) is 0 Å². The maximum atomic E-state index is 2.59. The van der Waals surface area contributed by atoms with Crippen LogP contribution < -0.4 is 0 Å². The van der Waals surface area contributed by atoms with Crippen LogP contribution in [-0.2, 0) is 0 Å². The number of fused-ring (bicyclic) bond motifs is 7. The van der Waals surface area contributed by atoms with Gasteiger partial charge in [0.25, 0.3) is 0 Å². The van der Waals surface area contributed by atoms with E-state index in [1.165, 1.54) is 120 Å². The Bertz CT molecular complexity index is 3510. The fourth-order valence-corrected chi connectivity index (χ4v) is 12.7. The van der Waals surface area contributed by atoms with Gasteiger partial charge in [-0.1, -0.05) is 194 Å². The van der Waals surface area contributed by atoms with Crippen molar-refractivity contribution in [3.8, 4) is 66.8 Å². The number of rotatable bonds is 5. The molecule has 0 fully saturated rings. The molecule has 11 aromatic carbocycles. The number of hydrogen-bond donors (Lipinski definition) is 0. The van der Waals surface area contributed by atoms with Gasteiger partial charge in [0.1, 0.15) is 0 Å². The lowest BCUT2D eigenvalue weighted by Crippen LogP contribution is -1.96. The van der Waals surface area contributed by atoms with Gasteiger partial charge < -0.3 is 0 Å². The monoisotopic (exact) mass is 794 g/mol. The zero-order chi connectivity index (χ0) is 40.7. The molecule has 0 N–H and O–H groups in total. The molecule has 0 aliphatic carbocycles. The lowest BCUT2D eigenvalue weighted by Gasteiger charge is -2.29. The Labute approximate surface area is 358 Å². The van der Waals surface area contributed by atoms with E-state index in [2.05, 4.69) is 231 Å². The van der Waals surface area contributed by atoms with Crippen molar-refractivity contribution >= 4 is 53.1 Å². The molecule has 0 saturated carbocycles. The van der Waals surface area contributed by atoms with Gasteiger partial charge in [-0.2, -0.15) is 10.0 Å². The van der Waals surface area contributed by atoms with Crippen LogP contribution in [0.3, 0.4) is 0 Å². The lowest BCUT2D eigenvalue weighted by atomic mass is 9.83. The molecule has 1 heteroatoms. The summed E-state index contributed by atoms with van der Waals surface area (Å²) in [4.78, 5) is 2.92. The van der Waals surface area contributed by atoms with Gasteiger partial charge in [-0.3, -0.25) is 0 Å². The van der Waals surface area contributed by atoms with E-state index in [9.17, 15) is 0 Å². The maximum absolute atomic E-state index is 2.59. The molecule has 0 bridgehead atoms.